The maximum atomic E-state index is 13.6. The fourth-order valence-corrected chi connectivity index (χ4v) is 2.56. The van der Waals surface area contributed by atoms with Gasteiger partial charge in [0.1, 0.15) is 5.82 Å². The molecule has 1 atom stereocenters. The van der Waals surface area contributed by atoms with Gasteiger partial charge in [0.15, 0.2) is 0 Å². The summed E-state index contributed by atoms with van der Waals surface area (Å²) in [4.78, 5) is 24.6. The highest BCUT2D eigenvalue weighted by Gasteiger charge is 2.29. The second kappa shape index (κ2) is 5.69. The van der Waals surface area contributed by atoms with Crippen LogP contribution in [0.3, 0.4) is 0 Å². The molecule has 1 fully saturated rings. The number of rotatable bonds is 2. The zero-order chi connectivity index (χ0) is 14.0. The largest absolute Gasteiger partial charge is 0.481 e. The summed E-state index contributed by atoms with van der Waals surface area (Å²) in [5.74, 6) is -2.52. The molecule has 1 saturated heterocycles. The summed E-state index contributed by atoms with van der Waals surface area (Å²) in [6.07, 6.45) is 1.18. The molecule has 0 bridgehead atoms. The van der Waals surface area contributed by atoms with E-state index in [0.717, 1.165) is 0 Å². The van der Waals surface area contributed by atoms with Crippen LogP contribution in [0, 0.1) is 11.7 Å². The van der Waals surface area contributed by atoms with Crippen molar-refractivity contribution in [3.05, 3.63) is 34.1 Å². The Balaban J connectivity index is 2.19. The van der Waals surface area contributed by atoms with Gasteiger partial charge in [-0.2, -0.15) is 0 Å². The molecule has 1 amide bonds. The second-order valence-corrected chi connectivity index (χ2v) is 5.47. The first kappa shape index (κ1) is 14.0. The van der Waals surface area contributed by atoms with E-state index in [-0.39, 0.29) is 12.1 Å². The molecule has 1 N–H and O–H groups in total. The highest BCUT2D eigenvalue weighted by Crippen LogP contribution is 2.22. The Morgan fingerprint density at radius 2 is 2.16 bits per heavy atom. The van der Waals surface area contributed by atoms with Gasteiger partial charge in [0, 0.05) is 17.6 Å². The van der Waals surface area contributed by atoms with E-state index in [0.29, 0.717) is 23.9 Å². The number of likely N-dealkylation sites (tertiary alicyclic amines) is 1. The number of aliphatic carboxylic acids is 1. The topological polar surface area (TPSA) is 57.6 Å². The third kappa shape index (κ3) is 3.12. The fraction of sp³-hybridized carbons (Fsp3) is 0.385. The minimum absolute atomic E-state index is 0.0274. The third-order valence-electron chi connectivity index (χ3n) is 3.22. The number of hydrogen-bond donors (Lipinski definition) is 1. The molecule has 1 aliphatic heterocycles. The van der Waals surface area contributed by atoms with E-state index in [9.17, 15) is 14.0 Å². The molecule has 2 rings (SSSR count). The summed E-state index contributed by atoms with van der Waals surface area (Å²) in [5, 5.41) is 8.99. The lowest BCUT2D eigenvalue weighted by atomic mass is 9.97. The predicted octanol–water partition coefficient (Wildman–Crippen LogP) is 2.53. The number of carboxylic acid groups (broad SMARTS) is 1. The number of benzene rings is 1. The van der Waals surface area contributed by atoms with Crippen molar-refractivity contribution in [2.45, 2.75) is 12.8 Å². The number of carbonyl (C=O) groups excluding carboxylic acids is 1. The van der Waals surface area contributed by atoms with Crippen molar-refractivity contribution in [1.29, 1.82) is 0 Å². The van der Waals surface area contributed by atoms with Crippen LogP contribution in [0.1, 0.15) is 23.2 Å². The molecule has 4 nitrogen and oxygen atoms in total. The third-order valence-corrected chi connectivity index (χ3v) is 3.71. The molecule has 0 radical (unpaired) electrons. The van der Waals surface area contributed by atoms with Gasteiger partial charge in [-0.05, 0) is 31.0 Å². The van der Waals surface area contributed by atoms with Gasteiger partial charge in [-0.25, -0.2) is 4.39 Å². The average Bonchev–Trinajstić information content (AvgIpc) is 2.41. The molecule has 102 valence electrons. The highest BCUT2D eigenvalue weighted by molar-refractivity contribution is 9.10. The van der Waals surface area contributed by atoms with Crippen LogP contribution in [0.25, 0.3) is 0 Å². The molecule has 0 spiro atoms. The Morgan fingerprint density at radius 3 is 2.84 bits per heavy atom. The first-order chi connectivity index (χ1) is 8.99. The first-order valence-electron chi connectivity index (χ1n) is 5.96. The Kier molecular flexibility index (Phi) is 4.19. The SMILES string of the molecule is O=C(O)[C@@H]1CCCN(C(=O)c2cc(Br)ccc2F)C1. The summed E-state index contributed by atoms with van der Waals surface area (Å²) in [7, 11) is 0. The monoisotopic (exact) mass is 329 g/mol. The summed E-state index contributed by atoms with van der Waals surface area (Å²) in [5.41, 5.74) is -0.0274. The Bertz CT molecular complexity index is 521. The van der Waals surface area contributed by atoms with Crippen LogP contribution in [0.2, 0.25) is 0 Å². The van der Waals surface area contributed by atoms with Gasteiger partial charge in [0.25, 0.3) is 5.91 Å². The zero-order valence-corrected chi connectivity index (χ0v) is 11.7. The Hall–Kier alpha value is -1.43. The lowest BCUT2D eigenvalue weighted by molar-refractivity contribution is -0.143. The van der Waals surface area contributed by atoms with Gasteiger partial charge in [0.05, 0.1) is 11.5 Å². The smallest absolute Gasteiger partial charge is 0.308 e. The van der Waals surface area contributed by atoms with Gasteiger partial charge in [-0.3, -0.25) is 9.59 Å². The van der Waals surface area contributed by atoms with Crippen molar-refractivity contribution in [1.82, 2.24) is 4.90 Å². The molecule has 1 aromatic carbocycles. The molecular formula is C13H13BrFNO3. The molecule has 19 heavy (non-hydrogen) atoms. The van der Waals surface area contributed by atoms with Gasteiger partial charge >= 0.3 is 5.97 Å². The van der Waals surface area contributed by atoms with Crippen LogP contribution in [0.15, 0.2) is 22.7 Å². The maximum absolute atomic E-state index is 13.6. The molecule has 1 heterocycles. The number of hydrogen-bond acceptors (Lipinski definition) is 2. The van der Waals surface area contributed by atoms with Crippen LogP contribution in [-0.4, -0.2) is 35.0 Å². The van der Waals surface area contributed by atoms with Crippen LogP contribution in [0.4, 0.5) is 4.39 Å². The van der Waals surface area contributed by atoms with Crippen LogP contribution < -0.4 is 0 Å². The summed E-state index contributed by atoms with van der Waals surface area (Å²) < 4.78 is 14.3. The minimum atomic E-state index is -0.910. The average molecular weight is 330 g/mol. The van der Waals surface area contributed by atoms with E-state index in [1.165, 1.54) is 23.1 Å². The summed E-state index contributed by atoms with van der Waals surface area (Å²) in [6.45, 7) is 0.606. The van der Waals surface area contributed by atoms with E-state index >= 15 is 0 Å². The Labute approximate surface area is 118 Å². The first-order valence-corrected chi connectivity index (χ1v) is 6.75. The van der Waals surface area contributed by atoms with Crippen molar-refractivity contribution in [3.63, 3.8) is 0 Å². The van der Waals surface area contributed by atoms with E-state index in [4.69, 9.17) is 5.11 Å². The van der Waals surface area contributed by atoms with E-state index in [2.05, 4.69) is 15.9 Å². The van der Waals surface area contributed by atoms with Crippen LogP contribution >= 0.6 is 15.9 Å². The number of carbonyl (C=O) groups is 2. The minimum Gasteiger partial charge on any atom is -0.481 e. The lowest BCUT2D eigenvalue weighted by Gasteiger charge is -2.30. The predicted molar refractivity (Wildman–Crippen MR) is 70.4 cm³/mol. The molecule has 6 heteroatoms. The normalized spacial score (nSPS) is 19.3. The van der Waals surface area contributed by atoms with Crippen molar-refractivity contribution in [2.24, 2.45) is 5.92 Å². The molecule has 0 aromatic heterocycles. The van der Waals surface area contributed by atoms with E-state index in [1.54, 1.807) is 0 Å². The summed E-state index contributed by atoms with van der Waals surface area (Å²) >= 11 is 3.19. The van der Waals surface area contributed by atoms with Crippen molar-refractivity contribution >= 4 is 27.8 Å². The van der Waals surface area contributed by atoms with Crippen LogP contribution in [-0.2, 0) is 4.79 Å². The second-order valence-electron chi connectivity index (χ2n) is 4.55. The molecular weight excluding hydrogens is 317 g/mol. The van der Waals surface area contributed by atoms with Gasteiger partial charge < -0.3 is 10.0 Å². The van der Waals surface area contributed by atoms with E-state index < -0.39 is 23.6 Å². The van der Waals surface area contributed by atoms with E-state index in [1.807, 2.05) is 0 Å². The number of halogens is 2. The summed E-state index contributed by atoms with van der Waals surface area (Å²) in [6, 6.07) is 4.15. The highest BCUT2D eigenvalue weighted by atomic mass is 79.9. The van der Waals surface area contributed by atoms with Crippen LogP contribution in [0.5, 0.6) is 0 Å². The maximum Gasteiger partial charge on any atom is 0.308 e. The van der Waals surface area contributed by atoms with Crippen molar-refractivity contribution in [3.8, 4) is 0 Å². The standard InChI is InChI=1S/C13H13BrFNO3/c14-9-3-4-11(15)10(6-9)12(17)16-5-1-2-8(7-16)13(18)19/h3-4,6,8H,1-2,5,7H2,(H,18,19)/t8-/m1/s1. The lowest BCUT2D eigenvalue weighted by Crippen LogP contribution is -2.42. The molecule has 1 aromatic rings. The molecule has 0 aliphatic carbocycles. The van der Waals surface area contributed by atoms with Crippen molar-refractivity contribution < 1.29 is 19.1 Å². The molecule has 0 saturated carbocycles. The Morgan fingerprint density at radius 1 is 1.42 bits per heavy atom. The van der Waals surface area contributed by atoms with Gasteiger partial charge in [0.2, 0.25) is 0 Å². The zero-order valence-electron chi connectivity index (χ0n) is 10.1. The quantitative estimate of drug-likeness (QED) is 0.907. The van der Waals surface area contributed by atoms with Gasteiger partial charge in [-0.1, -0.05) is 15.9 Å². The number of nitrogens with zero attached hydrogens (tertiary/aromatic N) is 1. The molecule has 0 unspecified atom stereocenters. The number of piperidine rings is 1. The fourth-order valence-electron chi connectivity index (χ4n) is 2.19. The van der Waals surface area contributed by atoms with Crippen molar-refractivity contribution in [2.75, 3.05) is 13.1 Å². The van der Waals surface area contributed by atoms with Gasteiger partial charge in [-0.15, -0.1) is 0 Å². The number of amides is 1. The number of carboxylic acids is 1. The molecule has 1 aliphatic rings.